The molecule has 3 aliphatic carbocycles. The summed E-state index contributed by atoms with van der Waals surface area (Å²) in [5.41, 5.74) is 0.637. The Morgan fingerprint density at radius 3 is 2.08 bits per heavy atom. The Bertz CT molecular complexity index is 741. The summed E-state index contributed by atoms with van der Waals surface area (Å²) >= 11 is 3.35. The first-order valence-corrected chi connectivity index (χ1v) is 9.38. The smallest absolute Gasteiger partial charge is 0.247 e. The second-order valence-electron chi connectivity index (χ2n) is 7.06. The van der Waals surface area contributed by atoms with E-state index in [9.17, 15) is 14.4 Å². The number of hydrogen-bond donors (Lipinski definition) is 1. The fourth-order valence-electron chi connectivity index (χ4n) is 4.38. The number of halogens is 1. The van der Waals surface area contributed by atoms with Gasteiger partial charge in [-0.25, -0.2) is 0 Å². The lowest BCUT2D eigenvalue weighted by Gasteiger charge is -2.38. The molecule has 1 aromatic carbocycles. The van der Waals surface area contributed by atoms with E-state index in [1.54, 1.807) is 19.1 Å². The molecule has 2 bridgehead atoms. The van der Waals surface area contributed by atoms with Crippen LogP contribution in [0.15, 0.2) is 40.9 Å². The SMILES string of the molecule is C[C@@H](C(=O)Nc1ccc(Br)cc1)N1C(=O)[C@@H]2[C@H](C1=O)[C@H]1C=C[C@H]2CC1. The van der Waals surface area contributed by atoms with Gasteiger partial charge in [-0.3, -0.25) is 19.3 Å². The van der Waals surface area contributed by atoms with Crippen LogP contribution in [0.3, 0.4) is 0 Å². The van der Waals surface area contributed by atoms with Crippen molar-refractivity contribution in [3.63, 3.8) is 0 Å². The third-order valence-electron chi connectivity index (χ3n) is 5.67. The standard InChI is InChI=1S/C19H19BrN2O3/c1-10(17(23)21-14-8-6-13(20)7-9-14)22-18(24)15-11-2-3-12(5-4-11)16(15)19(22)25/h2-3,6-12,15-16H,4-5H2,1H3,(H,21,23)/t10-,11-,12-,15-,16+/m0/s1. The molecule has 5 atom stereocenters. The molecule has 1 aromatic rings. The van der Waals surface area contributed by atoms with Crippen molar-refractivity contribution in [2.75, 3.05) is 5.32 Å². The molecule has 1 saturated heterocycles. The molecule has 1 N–H and O–H groups in total. The van der Waals surface area contributed by atoms with Crippen molar-refractivity contribution in [3.05, 3.63) is 40.9 Å². The Morgan fingerprint density at radius 1 is 1.08 bits per heavy atom. The second kappa shape index (κ2) is 6.09. The van der Waals surface area contributed by atoms with E-state index in [1.165, 1.54) is 4.90 Å². The number of anilines is 1. The minimum Gasteiger partial charge on any atom is -0.324 e. The number of allylic oxidation sites excluding steroid dienone is 2. The normalized spacial score (nSPS) is 31.2. The molecule has 2 fully saturated rings. The molecular formula is C19H19BrN2O3. The molecular weight excluding hydrogens is 384 g/mol. The van der Waals surface area contributed by atoms with Gasteiger partial charge in [0.1, 0.15) is 6.04 Å². The van der Waals surface area contributed by atoms with Crippen molar-refractivity contribution >= 4 is 39.3 Å². The number of carbonyl (C=O) groups is 3. The second-order valence-corrected chi connectivity index (χ2v) is 7.98. The van der Waals surface area contributed by atoms with Gasteiger partial charge in [0.2, 0.25) is 17.7 Å². The van der Waals surface area contributed by atoms with Gasteiger partial charge in [-0.15, -0.1) is 0 Å². The van der Waals surface area contributed by atoms with Gasteiger partial charge in [0.15, 0.2) is 0 Å². The number of amides is 3. The quantitative estimate of drug-likeness (QED) is 0.624. The van der Waals surface area contributed by atoms with E-state index in [0.717, 1.165) is 17.3 Å². The maximum atomic E-state index is 12.9. The van der Waals surface area contributed by atoms with E-state index < -0.39 is 6.04 Å². The van der Waals surface area contributed by atoms with Crippen molar-refractivity contribution < 1.29 is 14.4 Å². The third kappa shape index (κ3) is 2.63. The van der Waals surface area contributed by atoms with Crippen molar-refractivity contribution in [1.29, 1.82) is 0 Å². The minimum atomic E-state index is -0.811. The highest BCUT2D eigenvalue weighted by molar-refractivity contribution is 9.10. The van der Waals surface area contributed by atoms with Gasteiger partial charge in [-0.05, 0) is 55.9 Å². The minimum absolute atomic E-state index is 0.137. The van der Waals surface area contributed by atoms with Crippen LogP contribution < -0.4 is 5.32 Å². The predicted octanol–water partition coefficient (Wildman–Crippen LogP) is 2.97. The average Bonchev–Trinajstić information content (AvgIpc) is 2.90. The monoisotopic (exact) mass is 402 g/mol. The maximum absolute atomic E-state index is 12.9. The summed E-state index contributed by atoms with van der Waals surface area (Å²) in [7, 11) is 0. The fourth-order valence-corrected chi connectivity index (χ4v) is 4.64. The summed E-state index contributed by atoms with van der Waals surface area (Å²) in [6.45, 7) is 1.62. The van der Waals surface area contributed by atoms with Crippen LogP contribution in [-0.4, -0.2) is 28.7 Å². The largest absolute Gasteiger partial charge is 0.324 e. The average molecular weight is 403 g/mol. The first-order chi connectivity index (χ1) is 12.0. The van der Waals surface area contributed by atoms with Crippen molar-refractivity contribution in [1.82, 2.24) is 4.90 Å². The molecule has 1 aliphatic heterocycles. The number of fused-ring (bicyclic) bond motifs is 1. The zero-order valence-corrected chi connectivity index (χ0v) is 15.4. The van der Waals surface area contributed by atoms with Gasteiger partial charge in [-0.1, -0.05) is 28.1 Å². The van der Waals surface area contributed by atoms with Crippen LogP contribution in [0.5, 0.6) is 0 Å². The van der Waals surface area contributed by atoms with Crippen molar-refractivity contribution in [3.8, 4) is 0 Å². The first-order valence-electron chi connectivity index (χ1n) is 8.59. The number of nitrogens with zero attached hydrogens (tertiary/aromatic N) is 1. The molecule has 25 heavy (non-hydrogen) atoms. The number of imide groups is 1. The van der Waals surface area contributed by atoms with Crippen LogP contribution in [0.2, 0.25) is 0 Å². The molecule has 3 amide bonds. The lowest BCUT2D eigenvalue weighted by molar-refractivity contribution is -0.146. The highest BCUT2D eigenvalue weighted by Gasteiger charge is 2.58. The summed E-state index contributed by atoms with van der Waals surface area (Å²) < 4.78 is 0.912. The van der Waals surface area contributed by atoms with Gasteiger partial charge in [0.05, 0.1) is 11.8 Å². The number of benzene rings is 1. The summed E-state index contributed by atoms with van der Waals surface area (Å²) in [4.78, 5) is 39.5. The number of carbonyl (C=O) groups excluding carboxylic acids is 3. The summed E-state index contributed by atoms with van der Waals surface area (Å²) in [6.07, 6.45) is 6.07. The third-order valence-corrected chi connectivity index (χ3v) is 6.20. The lowest BCUT2D eigenvalue weighted by Crippen LogP contribution is -2.46. The molecule has 0 radical (unpaired) electrons. The van der Waals surface area contributed by atoms with Crippen molar-refractivity contribution in [2.45, 2.75) is 25.8 Å². The number of rotatable bonds is 3. The summed E-state index contributed by atoms with van der Waals surface area (Å²) in [6, 6.07) is 6.38. The molecule has 5 nitrogen and oxygen atoms in total. The zero-order chi connectivity index (χ0) is 17.7. The Morgan fingerprint density at radius 2 is 1.60 bits per heavy atom. The fraction of sp³-hybridized carbons (Fsp3) is 0.421. The molecule has 0 unspecified atom stereocenters. The van der Waals surface area contributed by atoms with Gasteiger partial charge < -0.3 is 5.32 Å². The predicted molar refractivity (Wildman–Crippen MR) is 96.4 cm³/mol. The number of nitrogens with one attached hydrogen (secondary N) is 1. The Balaban J connectivity index is 1.53. The highest BCUT2D eigenvalue weighted by atomic mass is 79.9. The van der Waals surface area contributed by atoms with Crippen LogP contribution >= 0.6 is 15.9 Å². The van der Waals surface area contributed by atoms with E-state index in [1.807, 2.05) is 12.1 Å². The van der Waals surface area contributed by atoms with E-state index >= 15 is 0 Å². The summed E-state index contributed by atoms with van der Waals surface area (Å²) in [5.74, 6) is -1.00. The Hall–Kier alpha value is -1.95. The van der Waals surface area contributed by atoms with Gasteiger partial charge in [0, 0.05) is 10.2 Å². The zero-order valence-electron chi connectivity index (χ0n) is 13.8. The first kappa shape index (κ1) is 16.5. The van der Waals surface area contributed by atoms with E-state index in [2.05, 4.69) is 33.4 Å². The van der Waals surface area contributed by atoms with Crippen LogP contribution in [0.4, 0.5) is 5.69 Å². The summed E-state index contributed by atoms with van der Waals surface area (Å²) in [5, 5.41) is 2.78. The van der Waals surface area contributed by atoms with Gasteiger partial charge >= 0.3 is 0 Å². The molecule has 4 aliphatic rings. The maximum Gasteiger partial charge on any atom is 0.247 e. The van der Waals surface area contributed by atoms with E-state index in [-0.39, 0.29) is 41.4 Å². The molecule has 1 saturated carbocycles. The Labute approximate surface area is 154 Å². The van der Waals surface area contributed by atoms with Crippen LogP contribution in [-0.2, 0) is 14.4 Å². The number of likely N-dealkylation sites (tertiary alicyclic amines) is 1. The molecule has 6 heteroatoms. The van der Waals surface area contributed by atoms with Gasteiger partial charge in [-0.2, -0.15) is 0 Å². The molecule has 5 rings (SSSR count). The van der Waals surface area contributed by atoms with Crippen LogP contribution in [0, 0.1) is 23.7 Å². The van der Waals surface area contributed by atoms with Gasteiger partial charge in [0.25, 0.3) is 0 Å². The lowest BCUT2D eigenvalue weighted by atomic mass is 9.63. The molecule has 0 aromatic heterocycles. The molecule has 0 spiro atoms. The highest BCUT2D eigenvalue weighted by Crippen LogP contribution is 2.49. The van der Waals surface area contributed by atoms with Crippen LogP contribution in [0.25, 0.3) is 0 Å². The van der Waals surface area contributed by atoms with Crippen molar-refractivity contribution in [2.24, 2.45) is 23.7 Å². The van der Waals surface area contributed by atoms with E-state index in [4.69, 9.17) is 0 Å². The Kier molecular flexibility index (Phi) is 4.02. The molecule has 130 valence electrons. The van der Waals surface area contributed by atoms with Crippen LogP contribution in [0.1, 0.15) is 19.8 Å². The molecule has 1 heterocycles. The topological polar surface area (TPSA) is 66.5 Å². The van der Waals surface area contributed by atoms with E-state index in [0.29, 0.717) is 5.69 Å². The number of hydrogen-bond acceptors (Lipinski definition) is 3.